The Labute approximate surface area is 77.2 Å². The molecule has 0 amide bonds. The first-order chi connectivity index (χ1) is 6.69. The van der Waals surface area contributed by atoms with E-state index in [1.807, 2.05) is 0 Å². The van der Waals surface area contributed by atoms with E-state index in [0.29, 0.717) is 5.28 Å². The molecule has 0 aromatic heterocycles. The lowest BCUT2D eigenvalue weighted by molar-refractivity contribution is -0.271. The summed E-state index contributed by atoms with van der Waals surface area (Å²) in [5.41, 5.74) is 15.7. The van der Waals surface area contributed by atoms with Crippen LogP contribution in [0.15, 0.2) is 16.1 Å². The zero-order valence-corrected chi connectivity index (χ0v) is 6.63. The van der Waals surface area contributed by atoms with Crippen molar-refractivity contribution >= 4 is 11.8 Å². The summed E-state index contributed by atoms with van der Waals surface area (Å²) in [5.74, 6) is 0.727. The molecule has 75 valence electrons. The topological polar surface area (TPSA) is 160 Å². The van der Waals surface area contributed by atoms with Crippen molar-refractivity contribution in [3.63, 3.8) is 0 Å². The normalized spacial score (nSPS) is 17.6. The van der Waals surface area contributed by atoms with E-state index < -0.39 is 5.96 Å². The molecule has 11 heteroatoms. The molecule has 1 fully saturated rings. The van der Waals surface area contributed by atoms with Crippen LogP contribution in [0.4, 0.5) is 0 Å². The fourth-order valence-corrected chi connectivity index (χ4v) is 0.510. The van der Waals surface area contributed by atoms with Gasteiger partial charge in [-0.1, -0.05) is 5.41 Å². The molecule has 14 heavy (non-hydrogen) atoms. The van der Waals surface area contributed by atoms with Crippen molar-refractivity contribution in [2.45, 2.75) is 0 Å². The van der Waals surface area contributed by atoms with Crippen LogP contribution in [0, 0.1) is 10.7 Å². The smallest absolute Gasteiger partial charge is 0.278 e. The predicted octanol–water partition coefficient (Wildman–Crippen LogP) is -2.47. The number of hydrogen-bond donors (Lipinski definition) is 4. The minimum atomic E-state index is -0.481. The summed E-state index contributed by atoms with van der Waals surface area (Å²) in [5, 5.41) is 25.6. The van der Waals surface area contributed by atoms with Crippen LogP contribution in [0.3, 0.4) is 0 Å². The summed E-state index contributed by atoms with van der Waals surface area (Å²) in [6.45, 7) is 0. The minimum Gasteiger partial charge on any atom is -0.738 e. The number of nitrogens with zero attached hydrogens (tertiary/aromatic N) is 5. The molecule has 0 spiro atoms. The first-order valence-electron chi connectivity index (χ1n) is 3.13. The van der Waals surface area contributed by atoms with Crippen molar-refractivity contribution in [1.82, 2.24) is 26.8 Å². The lowest BCUT2D eigenvalue weighted by Crippen LogP contribution is -2.39. The van der Waals surface area contributed by atoms with E-state index >= 15 is 0 Å². The highest BCUT2D eigenvalue weighted by Gasteiger charge is 2.19. The molecular formula is C3H5N9O2-. The van der Waals surface area contributed by atoms with E-state index in [0.717, 1.165) is 0 Å². The van der Waals surface area contributed by atoms with Gasteiger partial charge < -0.3 is 16.1 Å². The van der Waals surface area contributed by atoms with Gasteiger partial charge in [0, 0.05) is 0 Å². The molecule has 0 aliphatic carbocycles. The van der Waals surface area contributed by atoms with Gasteiger partial charge in [-0.3, -0.25) is 10.4 Å². The summed E-state index contributed by atoms with van der Waals surface area (Å²) >= 11 is 0. The third-order valence-corrected chi connectivity index (χ3v) is 1.06. The van der Waals surface area contributed by atoms with Crippen molar-refractivity contribution in [3.05, 3.63) is 11.0 Å². The average molecular weight is 199 g/mol. The molecule has 1 radical (unpaired) electrons. The first kappa shape index (κ1) is 9.88. The predicted molar refractivity (Wildman–Crippen MR) is 41.8 cm³/mol. The second-order valence-electron chi connectivity index (χ2n) is 1.89. The van der Waals surface area contributed by atoms with Gasteiger partial charge in [0.15, 0.2) is 5.82 Å². The number of nitrogens with one attached hydrogen (secondary N) is 3. The SMILES string of the molecule is [N]=C=C1NNN(ON=C(N)N=N)N1[O-]. The number of hydrazine groups is 3. The van der Waals surface area contributed by atoms with E-state index in [1.165, 1.54) is 5.87 Å². The lowest BCUT2D eigenvalue weighted by Gasteiger charge is -2.26. The maximum absolute atomic E-state index is 11.0. The van der Waals surface area contributed by atoms with E-state index in [9.17, 15) is 5.21 Å². The molecule has 5 N–H and O–H groups in total. The van der Waals surface area contributed by atoms with Crippen LogP contribution >= 0.6 is 0 Å². The van der Waals surface area contributed by atoms with Crippen LogP contribution in [0.25, 0.3) is 0 Å². The van der Waals surface area contributed by atoms with Crippen LogP contribution in [0.2, 0.25) is 0 Å². The minimum absolute atomic E-state index is 0.0563. The van der Waals surface area contributed by atoms with Gasteiger partial charge in [0.2, 0.25) is 0 Å². The van der Waals surface area contributed by atoms with Crippen molar-refractivity contribution in [2.24, 2.45) is 16.0 Å². The second-order valence-corrected chi connectivity index (χ2v) is 1.89. The summed E-state index contributed by atoms with van der Waals surface area (Å²) < 4.78 is 0. The van der Waals surface area contributed by atoms with Crippen molar-refractivity contribution in [3.8, 4) is 0 Å². The zero-order chi connectivity index (χ0) is 10.6. The first-order valence-corrected chi connectivity index (χ1v) is 3.13. The molecule has 0 unspecified atom stereocenters. The molecule has 1 heterocycles. The molecule has 0 saturated carbocycles. The van der Waals surface area contributed by atoms with E-state index in [1.54, 1.807) is 0 Å². The van der Waals surface area contributed by atoms with Crippen molar-refractivity contribution in [1.29, 1.82) is 5.53 Å². The van der Waals surface area contributed by atoms with Gasteiger partial charge in [0.25, 0.3) is 5.96 Å². The Morgan fingerprint density at radius 2 is 2.50 bits per heavy atom. The fourth-order valence-electron chi connectivity index (χ4n) is 0.510. The molecule has 0 atom stereocenters. The number of oxime groups is 1. The van der Waals surface area contributed by atoms with Crippen LogP contribution in [-0.2, 0) is 4.94 Å². The molecule has 1 rings (SSSR count). The fraction of sp³-hybridized carbons (Fsp3) is 0. The molecule has 0 aromatic carbocycles. The van der Waals surface area contributed by atoms with E-state index in [-0.39, 0.29) is 11.0 Å². The van der Waals surface area contributed by atoms with E-state index in [4.69, 9.17) is 16.7 Å². The Balaban J connectivity index is 2.57. The standard InChI is InChI=1S/C3H5N9O2/c4-1-2-8-10-12(11(2)13)14-9-3(5)7-6/h6,8,10H,(H2,5,9)/q-1. The van der Waals surface area contributed by atoms with Gasteiger partial charge >= 0.3 is 0 Å². The summed E-state index contributed by atoms with van der Waals surface area (Å²) in [4.78, 5) is 4.35. The molecular weight excluding hydrogens is 194 g/mol. The summed E-state index contributed by atoms with van der Waals surface area (Å²) in [6, 6.07) is 0. The maximum Gasteiger partial charge on any atom is 0.278 e. The Morgan fingerprint density at radius 3 is 3.00 bits per heavy atom. The molecule has 1 aliphatic rings. The van der Waals surface area contributed by atoms with Crippen molar-refractivity contribution in [2.75, 3.05) is 0 Å². The van der Waals surface area contributed by atoms with Crippen LogP contribution < -0.4 is 22.1 Å². The Morgan fingerprint density at radius 1 is 1.79 bits per heavy atom. The zero-order valence-electron chi connectivity index (χ0n) is 6.63. The highest BCUT2D eigenvalue weighted by Crippen LogP contribution is 2.04. The van der Waals surface area contributed by atoms with Crippen LogP contribution in [0.1, 0.15) is 0 Å². The highest BCUT2D eigenvalue weighted by atomic mass is 16.9. The van der Waals surface area contributed by atoms with Crippen molar-refractivity contribution < 1.29 is 4.94 Å². The number of hydrogen-bond acceptors (Lipinski definition) is 8. The third-order valence-electron chi connectivity index (χ3n) is 1.06. The molecule has 1 aliphatic heterocycles. The van der Waals surface area contributed by atoms with Crippen LogP contribution in [-0.4, -0.2) is 22.3 Å². The molecule has 0 aromatic rings. The van der Waals surface area contributed by atoms with Gasteiger partial charge in [-0.15, -0.1) is 10.6 Å². The van der Waals surface area contributed by atoms with Crippen LogP contribution in [0.5, 0.6) is 0 Å². The average Bonchev–Trinajstić information content (AvgIpc) is 2.56. The van der Waals surface area contributed by atoms with Gasteiger partial charge in [0.05, 0.1) is 11.2 Å². The monoisotopic (exact) mass is 199 g/mol. The lowest BCUT2D eigenvalue weighted by atomic mass is 10.8. The number of nitrogens with two attached hydrogens (primary N) is 1. The maximum atomic E-state index is 11.0. The Kier molecular flexibility index (Phi) is 2.93. The van der Waals surface area contributed by atoms with Gasteiger partial charge in [-0.25, -0.2) is 5.53 Å². The van der Waals surface area contributed by atoms with Gasteiger partial charge in [-0.2, -0.15) is 0 Å². The largest absolute Gasteiger partial charge is 0.738 e. The Hall–Kier alpha value is -2.20. The summed E-state index contributed by atoms with van der Waals surface area (Å²) in [7, 11) is 0. The third kappa shape index (κ3) is 1.94. The molecule has 11 nitrogen and oxygen atoms in total. The number of rotatable bonds is 2. The molecule has 0 bridgehead atoms. The van der Waals surface area contributed by atoms with E-state index in [2.05, 4.69) is 26.2 Å². The second kappa shape index (κ2) is 4.15. The number of hydroxylamine groups is 1. The van der Waals surface area contributed by atoms with Gasteiger partial charge in [-0.05, 0) is 5.16 Å². The quantitative estimate of drug-likeness (QED) is 0.166. The number of guanidine groups is 1. The summed E-state index contributed by atoms with van der Waals surface area (Å²) in [6.07, 6.45) is 0. The highest BCUT2D eigenvalue weighted by molar-refractivity contribution is 5.77. The molecule has 1 saturated heterocycles. The Bertz CT molecular complexity index is 305. The van der Waals surface area contributed by atoms with Gasteiger partial charge in [0.1, 0.15) is 0 Å².